The Labute approximate surface area is 154 Å². The highest BCUT2D eigenvalue weighted by molar-refractivity contribution is 7.15. The molecule has 0 aliphatic carbocycles. The zero-order valence-corrected chi connectivity index (χ0v) is 15.9. The molecule has 0 spiro atoms. The van der Waals surface area contributed by atoms with Gasteiger partial charge in [-0.1, -0.05) is 6.42 Å². The molecule has 0 aromatic carbocycles. The molecule has 1 aliphatic rings. The second-order valence-corrected chi connectivity index (χ2v) is 8.16. The normalized spacial score (nSPS) is 18.1. The van der Waals surface area contributed by atoms with Crippen LogP contribution in [0.5, 0.6) is 0 Å². The van der Waals surface area contributed by atoms with E-state index in [1.807, 2.05) is 12.3 Å². The molecule has 134 valence electrons. The molecule has 1 aliphatic heterocycles. The number of hydrogen-bond acceptors (Lipinski definition) is 7. The Morgan fingerprint density at radius 2 is 2.16 bits per heavy atom. The van der Waals surface area contributed by atoms with Gasteiger partial charge < -0.3 is 10.6 Å². The van der Waals surface area contributed by atoms with Crippen molar-refractivity contribution in [1.29, 1.82) is 0 Å². The van der Waals surface area contributed by atoms with Gasteiger partial charge in [-0.25, -0.2) is 9.97 Å². The third-order valence-electron chi connectivity index (χ3n) is 3.97. The molecule has 0 radical (unpaired) electrons. The van der Waals surface area contributed by atoms with Crippen LogP contribution in [0, 0.1) is 6.92 Å². The number of hydrogen-bond donors (Lipinski definition) is 2. The quantitative estimate of drug-likeness (QED) is 0.834. The molecule has 2 aromatic heterocycles. The molecular formula is C16H21N5O2S2. The fraction of sp³-hybridized carbons (Fsp3) is 0.500. The number of carbonyl (C=O) groups excluding carboxylic acids is 2. The van der Waals surface area contributed by atoms with Crippen molar-refractivity contribution in [3.05, 3.63) is 22.1 Å². The van der Waals surface area contributed by atoms with E-state index >= 15 is 0 Å². The number of amides is 2. The average Bonchev–Trinajstić information content (AvgIpc) is 3.16. The minimum absolute atomic E-state index is 0.0569. The summed E-state index contributed by atoms with van der Waals surface area (Å²) in [6, 6.07) is 0.108. The van der Waals surface area contributed by atoms with Crippen LogP contribution in [0.25, 0.3) is 0 Å². The molecule has 1 fully saturated rings. The van der Waals surface area contributed by atoms with Crippen LogP contribution in [0.4, 0.5) is 10.3 Å². The van der Waals surface area contributed by atoms with E-state index in [4.69, 9.17) is 0 Å². The molecule has 9 heteroatoms. The number of anilines is 2. The zero-order chi connectivity index (χ0) is 17.8. The first-order valence-corrected chi connectivity index (χ1v) is 9.90. The molecular weight excluding hydrogens is 358 g/mol. The van der Waals surface area contributed by atoms with Crippen LogP contribution < -0.4 is 10.6 Å². The van der Waals surface area contributed by atoms with Crippen LogP contribution in [0.3, 0.4) is 0 Å². The summed E-state index contributed by atoms with van der Waals surface area (Å²) in [7, 11) is 0. The maximum Gasteiger partial charge on any atom is 0.240 e. The highest BCUT2D eigenvalue weighted by atomic mass is 32.1. The van der Waals surface area contributed by atoms with Crippen LogP contribution in [0.15, 0.2) is 11.6 Å². The lowest BCUT2D eigenvalue weighted by atomic mass is 10.00. The van der Waals surface area contributed by atoms with Crippen molar-refractivity contribution < 1.29 is 9.59 Å². The van der Waals surface area contributed by atoms with E-state index in [1.165, 1.54) is 29.6 Å². The largest absolute Gasteiger partial charge is 0.302 e. The fourth-order valence-electron chi connectivity index (χ4n) is 2.92. The molecule has 0 bridgehead atoms. The molecule has 0 unspecified atom stereocenters. The van der Waals surface area contributed by atoms with Gasteiger partial charge in [0.1, 0.15) is 0 Å². The third kappa shape index (κ3) is 4.83. The van der Waals surface area contributed by atoms with E-state index in [1.54, 1.807) is 6.20 Å². The van der Waals surface area contributed by atoms with Gasteiger partial charge in [-0.15, -0.1) is 22.7 Å². The maximum atomic E-state index is 12.4. The second kappa shape index (κ2) is 8.03. The molecule has 3 heterocycles. The summed E-state index contributed by atoms with van der Waals surface area (Å²) in [6.45, 7) is 4.61. The molecule has 25 heavy (non-hydrogen) atoms. The van der Waals surface area contributed by atoms with Gasteiger partial charge in [0.05, 0.1) is 18.3 Å². The first kappa shape index (κ1) is 18.0. The lowest BCUT2D eigenvalue weighted by Crippen LogP contribution is -2.39. The third-order valence-corrected chi connectivity index (χ3v) is 5.58. The van der Waals surface area contributed by atoms with Crippen molar-refractivity contribution in [1.82, 2.24) is 14.9 Å². The number of carbonyl (C=O) groups is 2. The van der Waals surface area contributed by atoms with Crippen molar-refractivity contribution in [2.75, 3.05) is 23.7 Å². The van der Waals surface area contributed by atoms with Crippen molar-refractivity contribution in [2.24, 2.45) is 0 Å². The first-order valence-electron chi connectivity index (χ1n) is 8.20. The number of nitrogens with zero attached hydrogens (tertiary/aromatic N) is 3. The van der Waals surface area contributed by atoms with Crippen molar-refractivity contribution in [3.8, 4) is 0 Å². The van der Waals surface area contributed by atoms with Crippen LogP contribution in [-0.4, -0.2) is 39.8 Å². The summed E-state index contributed by atoms with van der Waals surface area (Å²) < 4.78 is 0. The van der Waals surface area contributed by atoms with Gasteiger partial charge in [-0.3, -0.25) is 14.5 Å². The number of likely N-dealkylation sites (tertiary alicyclic amines) is 1. The minimum atomic E-state index is -0.125. The molecule has 0 saturated carbocycles. The van der Waals surface area contributed by atoms with Crippen molar-refractivity contribution in [2.45, 2.75) is 39.2 Å². The molecule has 3 rings (SSSR count). The fourth-order valence-corrected chi connectivity index (χ4v) is 4.40. The number of thiazole rings is 2. The van der Waals surface area contributed by atoms with E-state index < -0.39 is 0 Å². The lowest BCUT2D eigenvalue weighted by Gasteiger charge is -2.34. The molecule has 1 saturated heterocycles. The Morgan fingerprint density at radius 3 is 2.88 bits per heavy atom. The van der Waals surface area contributed by atoms with Crippen LogP contribution in [-0.2, 0) is 9.59 Å². The topological polar surface area (TPSA) is 87.2 Å². The monoisotopic (exact) mass is 379 g/mol. The lowest BCUT2D eigenvalue weighted by molar-refractivity contribution is -0.118. The van der Waals surface area contributed by atoms with E-state index in [-0.39, 0.29) is 17.9 Å². The Kier molecular flexibility index (Phi) is 5.77. The van der Waals surface area contributed by atoms with Gasteiger partial charge in [-0.2, -0.15) is 0 Å². The highest BCUT2D eigenvalue weighted by Crippen LogP contribution is 2.32. The molecule has 1 atom stereocenters. The second-order valence-electron chi connectivity index (χ2n) is 6.07. The molecule has 2 amide bonds. The molecule has 2 N–H and O–H groups in total. The van der Waals surface area contributed by atoms with E-state index in [0.29, 0.717) is 16.8 Å². The summed E-state index contributed by atoms with van der Waals surface area (Å²) in [4.78, 5) is 35.5. The summed E-state index contributed by atoms with van der Waals surface area (Å²) >= 11 is 2.89. The molecule has 2 aromatic rings. The van der Waals surface area contributed by atoms with E-state index in [0.717, 1.165) is 36.4 Å². The van der Waals surface area contributed by atoms with E-state index in [9.17, 15) is 9.59 Å². The minimum Gasteiger partial charge on any atom is -0.302 e. The zero-order valence-electron chi connectivity index (χ0n) is 14.2. The van der Waals surface area contributed by atoms with E-state index in [2.05, 4.69) is 25.5 Å². The van der Waals surface area contributed by atoms with Crippen LogP contribution in [0.2, 0.25) is 0 Å². The van der Waals surface area contributed by atoms with Gasteiger partial charge in [0.2, 0.25) is 11.8 Å². The Hall–Kier alpha value is -1.84. The Morgan fingerprint density at radius 1 is 1.32 bits per heavy atom. The van der Waals surface area contributed by atoms with Crippen molar-refractivity contribution in [3.63, 3.8) is 0 Å². The Bertz CT molecular complexity index is 757. The van der Waals surface area contributed by atoms with Gasteiger partial charge in [0.25, 0.3) is 0 Å². The SMILES string of the molecule is CC(=O)Nc1nc([C@H]2CCCCN2CC(=O)Nc2ncc(C)s2)cs1. The summed E-state index contributed by atoms with van der Waals surface area (Å²) in [5, 5.41) is 8.80. The number of piperidine rings is 1. The predicted octanol–water partition coefficient (Wildman–Crippen LogP) is 3.03. The average molecular weight is 380 g/mol. The number of nitrogens with one attached hydrogen (secondary N) is 2. The standard InChI is InChI=1S/C16H21N5O2S2/c1-10-7-17-15(25-10)20-14(23)8-21-6-4-3-5-13(21)12-9-24-16(19-12)18-11(2)22/h7,9,13H,3-6,8H2,1-2H3,(H,17,20,23)(H,18,19,22)/t13-/m1/s1. The maximum absolute atomic E-state index is 12.4. The van der Waals surface area contributed by atoms with Gasteiger partial charge in [0.15, 0.2) is 10.3 Å². The summed E-state index contributed by atoms with van der Waals surface area (Å²) in [5.74, 6) is -0.182. The van der Waals surface area contributed by atoms with Crippen LogP contribution in [0.1, 0.15) is 42.8 Å². The highest BCUT2D eigenvalue weighted by Gasteiger charge is 2.27. The van der Waals surface area contributed by atoms with Gasteiger partial charge in [-0.05, 0) is 26.3 Å². The van der Waals surface area contributed by atoms with Crippen molar-refractivity contribution >= 4 is 44.8 Å². The number of aromatic nitrogens is 2. The summed E-state index contributed by atoms with van der Waals surface area (Å²) in [5.41, 5.74) is 0.923. The smallest absolute Gasteiger partial charge is 0.240 e. The van der Waals surface area contributed by atoms with Crippen LogP contribution >= 0.6 is 22.7 Å². The predicted molar refractivity (Wildman–Crippen MR) is 100 cm³/mol. The Balaban J connectivity index is 1.65. The summed E-state index contributed by atoms with van der Waals surface area (Å²) in [6.07, 6.45) is 4.90. The molecule has 7 nitrogen and oxygen atoms in total. The van der Waals surface area contributed by atoms with Gasteiger partial charge >= 0.3 is 0 Å². The van der Waals surface area contributed by atoms with Gasteiger partial charge in [0, 0.05) is 23.4 Å². The number of aryl methyl sites for hydroxylation is 1. The number of rotatable bonds is 5. The first-order chi connectivity index (χ1) is 12.0.